The molecule has 2 N–H and O–H groups in total. The highest BCUT2D eigenvalue weighted by molar-refractivity contribution is 6.08. The average Bonchev–Trinajstić information content (AvgIpc) is 2.70. The average molecular weight is 356 g/mol. The van der Waals surface area contributed by atoms with Gasteiger partial charge in [0.1, 0.15) is 0 Å². The van der Waals surface area contributed by atoms with Crippen LogP contribution in [0.4, 0.5) is 0 Å². The van der Waals surface area contributed by atoms with Crippen LogP contribution >= 0.6 is 0 Å². The van der Waals surface area contributed by atoms with Crippen LogP contribution in [-0.4, -0.2) is 28.6 Å². The molecule has 0 aliphatic heterocycles. The van der Waals surface area contributed by atoms with E-state index in [2.05, 4.69) is 23.5 Å². The maximum absolute atomic E-state index is 12.8. The number of benzene rings is 3. The van der Waals surface area contributed by atoms with Crippen molar-refractivity contribution in [3.63, 3.8) is 0 Å². The first-order valence-corrected chi connectivity index (χ1v) is 8.97. The lowest BCUT2D eigenvalue weighted by Gasteiger charge is -2.12. The molecule has 134 valence electrons. The van der Waals surface area contributed by atoms with Crippen molar-refractivity contribution in [3.8, 4) is 11.3 Å². The highest BCUT2D eigenvalue weighted by Gasteiger charge is 2.15. The minimum Gasteiger partial charge on any atom is -0.392 e. The molecule has 0 aliphatic rings. The predicted molar refractivity (Wildman–Crippen MR) is 109 cm³/mol. The summed E-state index contributed by atoms with van der Waals surface area (Å²) in [6.07, 6.45) is -0.598. The molecule has 0 spiro atoms. The normalized spacial score (nSPS) is 12.2. The molecule has 0 saturated heterocycles. The third kappa shape index (κ3) is 3.39. The first-order chi connectivity index (χ1) is 13.1. The molecule has 4 nitrogen and oxygen atoms in total. The molecule has 1 atom stereocenters. The van der Waals surface area contributed by atoms with Gasteiger partial charge in [-0.1, -0.05) is 60.7 Å². The van der Waals surface area contributed by atoms with Crippen LogP contribution in [0.5, 0.6) is 0 Å². The summed E-state index contributed by atoms with van der Waals surface area (Å²) in [6.45, 7) is 1.85. The summed E-state index contributed by atoms with van der Waals surface area (Å²) >= 11 is 0. The second-order valence-electron chi connectivity index (χ2n) is 6.66. The summed E-state index contributed by atoms with van der Waals surface area (Å²) in [5.74, 6) is -0.212. The van der Waals surface area contributed by atoms with Gasteiger partial charge >= 0.3 is 0 Å². The van der Waals surface area contributed by atoms with Crippen LogP contribution in [-0.2, 0) is 0 Å². The van der Waals surface area contributed by atoms with Gasteiger partial charge in [-0.3, -0.25) is 4.79 Å². The van der Waals surface area contributed by atoms with E-state index in [0.29, 0.717) is 5.56 Å². The highest BCUT2D eigenvalue weighted by Crippen LogP contribution is 2.30. The van der Waals surface area contributed by atoms with Crippen LogP contribution in [0, 0.1) is 0 Å². The standard InChI is InChI=1S/C23H20N2O2/c1-15(26)14-24-23(27)20-13-22(25-21-12-5-4-10-19(20)21)18-11-6-8-16-7-2-3-9-17(16)18/h2-13,15,26H,14H2,1H3,(H,24,27). The quantitative estimate of drug-likeness (QED) is 0.577. The van der Waals surface area contributed by atoms with Crippen molar-refractivity contribution >= 4 is 27.6 Å². The van der Waals surface area contributed by atoms with Crippen LogP contribution in [0.25, 0.3) is 32.9 Å². The summed E-state index contributed by atoms with van der Waals surface area (Å²) in [6, 6.07) is 23.7. The number of aliphatic hydroxyl groups excluding tert-OH is 1. The Hall–Kier alpha value is -3.24. The molecule has 4 rings (SSSR count). The largest absolute Gasteiger partial charge is 0.392 e. The van der Waals surface area contributed by atoms with Crippen molar-refractivity contribution in [2.24, 2.45) is 0 Å². The number of amides is 1. The number of hydrogen-bond acceptors (Lipinski definition) is 3. The van der Waals surface area contributed by atoms with Gasteiger partial charge in [-0.05, 0) is 29.8 Å². The van der Waals surface area contributed by atoms with E-state index in [1.54, 1.807) is 6.92 Å². The summed E-state index contributed by atoms with van der Waals surface area (Å²) < 4.78 is 0. The molecule has 1 heterocycles. The van der Waals surface area contributed by atoms with Gasteiger partial charge in [-0.2, -0.15) is 0 Å². The van der Waals surface area contributed by atoms with Gasteiger partial charge in [0.05, 0.1) is 22.9 Å². The Balaban J connectivity index is 1.90. The number of aromatic nitrogens is 1. The molecule has 27 heavy (non-hydrogen) atoms. The Bertz CT molecular complexity index is 1130. The van der Waals surface area contributed by atoms with Gasteiger partial charge in [0.25, 0.3) is 5.91 Å². The molecule has 4 aromatic rings. The van der Waals surface area contributed by atoms with E-state index >= 15 is 0 Å². The maximum atomic E-state index is 12.8. The van der Waals surface area contributed by atoms with Crippen LogP contribution in [0.15, 0.2) is 72.8 Å². The third-order valence-electron chi connectivity index (χ3n) is 4.58. The zero-order chi connectivity index (χ0) is 18.8. The summed E-state index contributed by atoms with van der Waals surface area (Å²) in [4.78, 5) is 17.6. The summed E-state index contributed by atoms with van der Waals surface area (Å²) in [5.41, 5.74) is 3.07. The van der Waals surface area contributed by atoms with E-state index in [-0.39, 0.29) is 12.5 Å². The zero-order valence-electron chi connectivity index (χ0n) is 15.0. The Morgan fingerprint density at radius 2 is 1.70 bits per heavy atom. The van der Waals surface area contributed by atoms with E-state index in [9.17, 15) is 9.90 Å². The van der Waals surface area contributed by atoms with E-state index in [0.717, 1.165) is 32.9 Å². The number of carbonyl (C=O) groups is 1. The molecular formula is C23H20N2O2. The van der Waals surface area contributed by atoms with Crippen molar-refractivity contribution in [1.82, 2.24) is 10.3 Å². The van der Waals surface area contributed by atoms with Gasteiger partial charge < -0.3 is 10.4 Å². The molecule has 1 aromatic heterocycles. The fraction of sp³-hybridized carbons (Fsp3) is 0.130. The highest BCUT2D eigenvalue weighted by atomic mass is 16.3. The zero-order valence-corrected chi connectivity index (χ0v) is 15.0. The molecule has 0 radical (unpaired) electrons. The first kappa shape index (κ1) is 17.2. The minimum atomic E-state index is -0.598. The summed E-state index contributed by atoms with van der Waals surface area (Å²) in [5, 5.41) is 15.3. The van der Waals surface area contributed by atoms with Crippen LogP contribution in [0.2, 0.25) is 0 Å². The Morgan fingerprint density at radius 3 is 2.52 bits per heavy atom. The van der Waals surface area contributed by atoms with E-state index in [4.69, 9.17) is 4.98 Å². The smallest absolute Gasteiger partial charge is 0.252 e. The monoisotopic (exact) mass is 356 g/mol. The van der Waals surface area contributed by atoms with Gasteiger partial charge in [0, 0.05) is 17.5 Å². The maximum Gasteiger partial charge on any atom is 0.252 e. The lowest BCUT2D eigenvalue weighted by atomic mass is 9.99. The number of nitrogens with one attached hydrogen (secondary N) is 1. The second-order valence-corrected chi connectivity index (χ2v) is 6.66. The number of fused-ring (bicyclic) bond motifs is 2. The number of hydrogen-bond donors (Lipinski definition) is 2. The molecule has 4 heteroatoms. The Labute approximate surface area is 157 Å². The van der Waals surface area contributed by atoms with Crippen molar-refractivity contribution in [2.45, 2.75) is 13.0 Å². The van der Waals surface area contributed by atoms with Crippen LogP contribution < -0.4 is 5.32 Å². The van der Waals surface area contributed by atoms with Gasteiger partial charge in [-0.25, -0.2) is 4.98 Å². The molecule has 1 amide bonds. The van der Waals surface area contributed by atoms with Crippen molar-refractivity contribution in [1.29, 1.82) is 0 Å². The number of rotatable bonds is 4. The number of pyridine rings is 1. The first-order valence-electron chi connectivity index (χ1n) is 8.97. The van der Waals surface area contributed by atoms with Crippen LogP contribution in [0.3, 0.4) is 0 Å². The van der Waals surface area contributed by atoms with Gasteiger partial charge in [0.2, 0.25) is 0 Å². The van der Waals surface area contributed by atoms with Gasteiger partial charge in [-0.15, -0.1) is 0 Å². The predicted octanol–water partition coefficient (Wildman–Crippen LogP) is 4.17. The minimum absolute atomic E-state index is 0.207. The molecule has 0 saturated carbocycles. The molecular weight excluding hydrogens is 336 g/mol. The molecule has 0 fully saturated rings. The Morgan fingerprint density at radius 1 is 1.00 bits per heavy atom. The SMILES string of the molecule is CC(O)CNC(=O)c1cc(-c2cccc3ccccc23)nc2ccccc12. The third-order valence-corrected chi connectivity index (χ3v) is 4.58. The Kier molecular flexibility index (Phi) is 4.57. The molecule has 0 aliphatic carbocycles. The molecule has 0 bridgehead atoms. The number of carbonyl (C=O) groups excluding carboxylic acids is 1. The number of para-hydroxylation sites is 1. The fourth-order valence-corrected chi connectivity index (χ4v) is 3.29. The van der Waals surface area contributed by atoms with Gasteiger partial charge in [0.15, 0.2) is 0 Å². The molecule has 3 aromatic carbocycles. The summed E-state index contributed by atoms with van der Waals surface area (Å²) in [7, 11) is 0. The van der Waals surface area contributed by atoms with E-state index < -0.39 is 6.10 Å². The second kappa shape index (κ2) is 7.17. The van der Waals surface area contributed by atoms with E-state index in [1.807, 2.05) is 54.6 Å². The van der Waals surface area contributed by atoms with Crippen molar-refractivity contribution in [2.75, 3.05) is 6.54 Å². The van der Waals surface area contributed by atoms with Crippen molar-refractivity contribution < 1.29 is 9.90 Å². The lowest BCUT2D eigenvalue weighted by molar-refractivity contribution is 0.0925. The van der Waals surface area contributed by atoms with Crippen LogP contribution in [0.1, 0.15) is 17.3 Å². The van der Waals surface area contributed by atoms with E-state index in [1.165, 1.54) is 0 Å². The van der Waals surface area contributed by atoms with Crippen molar-refractivity contribution in [3.05, 3.63) is 78.4 Å². The molecule has 1 unspecified atom stereocenters. The topological polar surface area (TPSA) is 62.2 Å². The number of aliphatic hydroxyl groups is 1. The number of nitrogens with zero attached hydrogens (tertiary/aromatic N) is 1. The fourth-order valence-electron chi connectivity index (χ4n) is 3.29. The lowest BCUT2D eigenvalue weighted by Crippen LogP contribution is -2.30.